The molecule has 0 saturated heterocycles. The number of hydrogen-bond acceptors (Lipinski definition) is 1. The van der Waals surface area contributed by atoms with E-state index in [0.29, 0.717) is 5.56 Å². The number of aldehydes is 1. The molecule has 0 aromatic heterocycles. The molecule has 0 N–H and O–H groups in total. The summed E-state index contributed by atoms with van der Waals surface area (Å²) in [6.07, 6.45) is 13.9. The highest BCUT2D eigenvalue weighted by atomic mass is 16.1. The normalized spacial score (nSPS) is 9.95. The van der Waals surface area contributed by atoms with Gasteiger partial charge < -0.3 is 0 Å². The zero-order valence-electron chi connectivity index (χ0n) is 13.4. The summed E-state index contributed by atoms with van der Waals surface area (Å²) >= 11 is 0. The minimum atomic E-state index is 0.699. The molecule has 0 amide bonds. The van der Waals surface area contributed by atoms with Crippen molar-refractivity contribution in [3.8, 4) is 11.8 Å². The summed E-state index contributed by atoms with van der Waals surface area (Å²) in [6, 6.07) is 7.48. The molecular weight excluding hydrogens is 256 g/mol. The molecule has 0 atom stereocenters. The van der Waals surface area contributed by atoms with E-state index in [2.05, 4.69) is 18.8 Å². The Bertz CT molecular complexity index is 450. The van der Waals surface area contributed by atoms with Crippen LogP contribution in [0, 0.1) is 11.8 Å². The molecule has 21 heavy (non-hydrogen) atoms. The van der Waals surface area contributed by atoms with Gasteiger partial charge in [0.05, 0.1) is 0 Å². The predicted octanol–water partition coefficient (Wildman–Crippen LogP) is 5.77. The lowest BCUT2D eigenvalue weighted by Crippen LogP contribution is -1.82. The number of rotatable bonds is 10. The molecule has 0 aliphatic carbocycles. The van der Waals surface area contributed by atoms with Crippen LogP contribution in [0.15, 0.2) is 24.3 Å². The molecule has 0 spiro atoms. The summed E-state index contributed by atoms with van der Waals surface area (Å²) in [7, 11) is 0. The largest absolute Gasteiger partial charge is 0.298 e. The highest BCUT2D eigenvalue weighted by Crippen LogP contribution is 2.10. The number of benzene rings is 1. The SMILES string of the molecule is CCCCCCCCCCCC#Cc1cccc(C=O)c1. The van der Waals surface area contributed by atoms with Crippen molar-refractivity contribution in [2.45, 2.75) is 71.1 Å². The lowest BCUT2D eigenvalue weighted by Gasteiger charge is -2.00. The van der Waals surface area contributed by atoms with Crippen LogP contribution in [0.4, 0.5) is 0 Å². The Hall–Kier alpha value is -1.55. The second-order valence-electron chi connectivity index (χ2n) is 5.62. The first-order valence-corrected chi connectivity index (χ1v) is 8.41. The van der Waals surface area contributed by atoms with Crippen molar-refractivity contribution in [1.29, 1.82) is 0 Å². The Morgan fingerprint density at radius 1 is 0.952 bits per heavy atom. The number of hydrogen-bond donors (Lipinski definition) is 0. The first kappa shape index (κ1) is 17.5. The van der Waals surface area contributed by atoms with E-state index in [1.807, 2.05) is 18.2 Å². The first-order valence-electron chi connectivity index (χ1n) is 8.41. The molecule has 1 nitrogen and oxygen atoms in total. The van der Waals surface area contributed by atoms with Crippen LogP contribution in [0.3, 0.4) is 0 Å². The van der Waals surface area contributed by atoms with E-state index >= 15 is 0 Å². The van der Waals surface area contributed by atoms with Crippen LogP contribution in [0.5, 0.6) is 0 Å². The van der Waals surface area contributed by atoms with Gasteiger partial charge in [-0.1, -0.05) is 82.3 Å². The molecule has 0 aliphatic heterocycles. The smallest absolute Gasteiger partial charge is 0.150 e. The molecule has 114 valence electrons. The van der Waals surface area contributed by atoms with Crippen LogP contribution in [0.25, 0.3) is 0 Å². The van der Waals surface area contributed by atoms with Crippen molar-refractivity contribution in [3.63, 3.8) is 0 Å². The van der Waals surface area contributed by atoms with Crippen LogP contribution in [0.1, 0.15) is 87.1 Å². The molecule has 0 radical (unpaired) electrons. The van der Waals surface area contributed by atoms with Crippen molar-refractivity contribution in [1.82, 2.24) is 0 Å². The molecule has 1 aromatic carbocycles. The maximum absolute atomic E-state index is 10.7. The fourth-order valence-electron chi connectivity index (χ4n) is 2.38. The van der Waals surface area contributed by atoms with Gasteiger partial charge in [-0.25, -0.2) is 0 Å². The molecular formula is C20H28O. The molecule has 0 heterocycles. The quantitative estimate of drug-likeness (QED) is 0.303. The van der Waals surface area contributed by atoms with Gasteiger partial charge in [0.15, 0.2) is 0 Å². The highest BCUT2D eigenvalue weighted by molar-refractivity contribution is 5.75. The molecule has 0 fully saturated rings. The average Bonchev–Trinajstić information content (AvgIpc) is 2.53. The number of carbonyl (C=O) groups excluding carboxylic acids is 1. The third-order valence-corrected chi connectivity index (χ3v) is 3.66. The minimum Gasteiger partial charge on any atom is -0.298 e. The van der Waals surface area contributed by atoms with E-state index in [-0.39, 0.29) is 0 Å². The van der Waals surface area contributed by atoms with Crippen LogP contribution in [-0.2, 0) is 0 Å². The maximum atomic E-state index is 10.7. The van der Waals surface area contributed by atoms with Gasteiger partial charge in [-0.3, -0.25) is 4.79 Å². The highest BCUT2D eigenvalue weighted by Gasteiger charge is 1.92. The second-order valence-corrected chi connectivity index (χ2v) is 5.62. The van der Waals surface area contributed by atoms with Gasteiger partial charge >= 0.3 is 0 Å². The molecule has 0 unspecified atom stereocenters. The molecule has 1 rings (SSSR count). The van der Waals surface area contributed by atoms with Crippen LogP contribution >= 0.6 is 0 Å². The van der Waals surface area contributed by atoms with Gasteiger partial charge in [-0.05, 0) is 18.6 Å². The molecule has 1 aromatic rings. The third-order valence-electron chi connectivity index (χ3n) is 3.66. The monoisotopic (exact) mass is 284 g/mol. The molecule has 1 heteroatoms. The van der Waals surface area contributed by atoms with E-state index in [1.54, 1.807) is 6.07 Å². The molecule has 0 saturated carbocycles. The van der Waals surface area contributed by atoms with E-state index < -0.39 is 0 Å². The average molecular weight is 284 g/mol. The van der Waals surface area contributed by atoms with Gasteiger partial charge in [-0.15, -0.1) is 0 Å². The Kier molecular flexibility index (Phi) is 10.2. The van der Waals surface area contributed by atoms with Crippen molar-refractivity contribution < 1.29 is 4.79 Å². The van der Waals surface area contributed by atoms with E-state index in [9.17, 15) is 4.79 Å². The van der Waals surface area contributed by atoms with Gasteiger partial charge in [0.1, 0.15) is 6.29 Å². The third kappa shape index (κ3) is 9.08. The molecule has 0 bridgehead atoms. The van der Waals surface area contributed by atoms with Crippen LogP contribution in [0.2, 0.25) is 0 Å². The Labute approximate surface area is 130 Å². The zero-order chi connectivity index (χ0) is 15.2. The summed E-state index contributed by atoms with van der Waals surface area (Å²) in [6.45, 7) is 2.26. The van der Waals surface area contributed by atoms with E-state index in [1.165, 1.54) is 57.8 Å². The standard InChI is InChI=1S/C20H28O/c1-2-3-4-5-6-7-8-9-10-11-12-14-19-15-13-16-20(17-19)18-21/h13,15-18H,2-11H2,1H3. The fourth-order valence-corrected chi connectivity index (χ4v) is 2.38. The lowest BCUT2D eigenvalue weighted by atomic mass is 10.1. The maximum Gasteiger partial charge on any atom is 0.150 e. The summed E-state index contributed by atoms with van der Waals surface area (Å²) in [5, 5.41) is 0. The summed E-state index contributed by atoms with van der Waals surface area (Å²) in [4.78, 5) is 10.7. The fraction of sp³-hybridized carbons (Fsp3) is 0.550. The summed E-state index contributed by atoms with van der Waals surface area (Å²) < 4.78 is 0. The van der Waals surface area contributed by atoms with Gasteiger partial charge in [0.2, 0.25) is 0 Å². The first-order chi connectivity index (χ1) is 10.4. The Morgan fingerprint density at radius 3 is 2.29 bits per heavy atom. The van der Waals surface area contributed by atoms with Gasteiger partial charge in [0, 0.05) is 17.5 Å². The van der Waals surface area contributed by atoms with Gasteiger partial charge in [0.25, 0.3) is 0 Å². The summed E-state index contributed by atoms with van der Waals surface area (Å²) in [5.41, 5.74) is 1.64. The molecule has 0 aliphatic rings. The lowest BCUT2D eigenvalue weighted by molar-refractivity contribution is 0.112. The van der Waals surface area contributed by atoms with Crippen molar-refractivity contribution in [2.75, 3.05) is 0 Å². The topological polar surface area (TPSA) is 17.1 Å². The van der Waals surface area contributed by atoms with Crippen LogP contribution in [-0.4, -0.2) is 6.29 Å². The van der Waals surface area contributed by atoms with Crippen molar-refractivity contribution >= 4 is 6.29 Å². The zero-order valence-corrected chi connectivity index (χ0v) is 13.4. The Morgan fingerprint density at radius 2 is 1.62 bits per heavy atom. The van der Waals surface area contributed by atoms with E-state index in [0.717, 1.165) is 18.3 Å². The van der Waals surface area contributed by atoms with Gasteiger partial charge in [-0.2, -0.15) is 0 Å². The van der Waals surface area contributed by atoms with Crippen molar-refractivity contribution in [3.05, 3.63) is 35.4 Å². The predicted molar refractivity (Wildman–Crippen MR) is 90.6 cm³/mol. The Balaban J connectivity index is 2.04. The van der Waals surface area contributed by atoms with Crippen molar-refractivity contribution in [2.24, 2.45) is 0 Å². The number of carbonyl (C=O) groups is 1. The summed E-state index contributed by atoms with van der Waals surface area (Å²) in [5.74, 6) is 6.34. The van der Waals surface area contributed by atoms with Crippen LogP contribution < -0.4 is 0 Å². The minimum absolute atomic E-state index is 0.699. The number of unbranched alkanes of at least 4 members (excludes halogenated alkanes) is 9. The second kappa shape index (κ2) is 12.2. The van der Waals surface area contributed by atoms with E-state index in [4.69, 9.17) is 0 Å².